The van der Waals surface area contributed by atoms with E-state index in [1.165, 1.54) is 0 Å². The number of carbonyl (C=O) groups is 1. The van der Waals surface area contributed by atoms with E-state index in [4.69, 9.17) is 4.74 Å². The summed E-state index contributed by atoms with van der Waals surface area (Å²) in [6, 6.07) is 12.6. The number of aryl methyl sites for hydroxylation is 2. The van der Waals surface area contributed by atoms with E-state index in [9.17, 15) is 13.2 Å². The SMILES string of the molecule is Cc1ccc(C)c(OCCCC(C)(C)C(=O)Nc2ccc(S(=O)(=O)N3CCCCCC3)cc2)c1. The second-order valence-electron chi connectivity index (χ2n) is 9.90. The predicted molar refractivity (Wildman–Crippen MR) is 137 cm³/mol. The fourth-order valence-electron chi connectivity index (χ4n) is 4.11. The van der Waals surface area contributed by atoms with E-state index in [-0.39, 0.29) is 10.8 Å². The maximum Gasteiger partial charge on any atom is 0.243 e. The zero-order valence-electron chi connectivity index (χ0n) is 20.9. The van der Waals surface area contributed by atoms with Gasteiger partial charge in [0.25, 0.3) is 0 Å². The molecule has 1 aliphatic heterocycles. The van der Waals surface area contributed by atoms with Crippen molar-refractivity contribution >= 4 is 21.6 Å². The lowest BCUT2D eigenvalue weighted by molar-refractivity contribution is -0.124. The van der Waals surface area contributed by atoms with E-state index < -0.39 is 15.4 Å². The summed E-state index contributed by atoms with van der Waals surface area (Å²) in [5.74, 6) is 0.792. The molecule has 0 spiro atoms. The first-order valence-electron chi connectivity index (χ1n) is 12.2. The van der Waals surface area contributed by atoms with Crippen molar-refractivity contribution in [2.75, 3.05) is 25.0 Å². The molecule has 2 aromatic carbocycles. The first kappa shape index (κ1) is 26.2. The van der Waals surface area contributed by atoms with Gasteiger partial charge in [0.1, 0.15) is 5.75 Å². The Bertz CT molecular complexity index is 1070. The van der Waals surface area contributed by atoms with E-state index in [1.807, 2.05) is 39.8 Å². The number of nitrogens with zero attached hydrogens (tertiary/aromatic N) is 1. The Kier molecular flexibility index (Phi) is 8.77. The molecule has 0 atom stereocenters. The van der Waals surface area contributed by atoms with Crippen molar-refractivity contribution < 1.29 is 17.9 Å². The Morgan fingerprint density at radius 2 is 1.65 bits per heavy atom. The molecule has 3 rings (SSSR count). The molecule has 34 heavy (non-hydrogen) atoms. The quantitative estimate of drug-likeness (QED) is 0.462. The van der Waals surface area contributed by atoms with Gasteiger partial charge in [0.15, 0.2) is 0 Å². The van der Waals surface area contributed by atoms with Crippen molar-refractivity contribution in [1.82, 2.24) is 4.31 Å². The number of anilines is 1. The van der Waals surface area contributed by atoms with Gasteiger partial charge in [-0.25, -0.2) is 8.42 Å². The van der Waals surface area contributed by atoms with Crippen molar-refractivity contribution in [3.8, 4) is 5.75 Å². The van der Waals surface area contributed by atoms with Crippen LogP contribution in [0.4, 0.5) is 5.69 Å². The Balaban J connectivity index is 1.53. The van der Waals surface area contributed by atoms with Gasteiger partial charge in [-0.2, -0.15) is 4.31 Å². The van der Waals surface area contributed by atoms with Crippen LogP contribution in [0.3, 0.4) is 0 Å². The number of sulfonamides is 1. The largest absolute Gasteiger partial charge is 0.493 e. The standard InChI is InChI=1S/C27H38N2O4S/c1-21-10-11-22(2)25(20-21)33-19-9-16-27(3,4)26(30)28-23-12-14-24(15-13-23)34(31,32)29-17-7-5-6-8-18-29/h10-15,20H,5-9,16-19H2,1-4H3,(H,28,30). The normalized spacial score (nSPS) is 15.5. The molecule has 0 saturated carbocycles. The summed E-state index contributed by atoms with van der Waals surface area (Å²) < 4.78 is 33.4. The van der Waals surface area contributed by atoms with Gasteiger partial charge in [-0.1, -0.05) is 38.8 Å². The van der Waals surface area contributed by atoms with Gasteiger partial charge in [0.2, 0.25) is 15.9 Å². The van der Waals surface area contributed by atoms with Gasteiger partial charge in [0, 0.05) is 24.2 Å². The number of ether oxygens (including phenoxy) is 1. The monoisotopic (exact) mass is 486 g/mol. The molecule has 1 saturated heterocycles. The molecule has 1 aliphatic rings. The zero-order valence-corrected chi connectivity index (χ0v) is 21.7. The van der Waals surface area contributed by atoms with Crippen LogP contribution in [0.25, 0.3) is 0 Å². The second-order valence-corrected chi connectivity index (χ2v) is 11.8. The summed E-state index contributed by atoms with van der Waals surface area (Å²) in [6.07, 6.45) is 5.37. The highest BCUT2D eigenvalue weighted by Crippen LogP contribution is 2.27. The Labute approximate surface area is 204 Å². The van der Waals surface area contributed by atoms with Crippen LogP contribution in [0.2, 0.25) is 0 Å². The van der Waals surface area contributed by atoms with Gasteiger partial charge in [-0.15, -0.1) is 0 Å². The van der Waals surface area contributed by atoms with E-state index in [1.54, 1.807) is 28.6 Å². The third kappa shape index (κ3) is 6.83. The molecule has 6 nitrogen and oxygen atoms in total. The summed E-state index contributed by atoms with van der Waals surface area (Å²) in [6.45, 7) is 9.58. The molecular formula is C27H38N2O4S. The summed E-state index contributed by atoms with van der Waals surface area (Å²) >= 11 is 0. The highest BCUT2D eigenvalue weighted by atomic mass is 32.2. The number of benzene rings is 2. The van der Waals surface area contributed by atoms with Crippen molar-refractivity contribution in [2.24, 2.45) is 5.41 Å². The third-order valence-electron chi connectivity index (χ3n) is 6.48. The Hall–Kier alpha value is -2.38. The average molecular weight is 487 g/mol. The van der Waals surface area contributed by atoms with Gasteiger partial charge in [-0.3, -0.25) is 4.79 Å². The van der Waals surface area contributed by atoms with Crippen LogP contribution in [0, 0.1) is 19.3 Å². The zero-order chi connectivity index (χ0) is 24.8. The first-order chi connectivity index (χ1) is 16.1. The molecule has 0 unspecified atom stereocenters. The molecule has 1 fully saturated rings. The topological polar surface area (TPSA) is 75.7 Å². The maximum absolute atomic E-state index is 12.9. The minimum atomic E-state index is -3.50. The van der Waals surface area contributed by atoms with Crippen molar-refractivity contribution in [3.05, 3.63) is 53.6 Å². The van der Waals surface area contributed by atoms with Crippen LogP contribution < -0.4 is 10.1 Å². The molecule has 0 aliphatic carbocycles. The van der Waals surface area contributed by atoms with Crippen molar-refractivity contribution in [3.63, 3.8) is 0 Å². The number of rotatable bonds is 9. The van der Waals surface area contributed by atoms with Gasteiger partial charge in [-0.05, 0) is 81.0 Å². The molecule has 0 radical (unpaired) electrons. The van der Waals surface area contributed by atoms with Crippen LogP contribution >= 0.6 is 0 Å². The molecule has 7 heteroatoms. The highest BCUT2D eigenvalue weighted by Gasteiger charge is 2.28. The smallest absolute Gasteiger partial charge is 0.243 e. The number of hydrogen-bond acceptors (Lipinski definition) is 4. The van der Waals surface area contributed by atoms with Crippen molar-refractivity contribution in [2.45, 2.75) is 71.1 Å². The minimum absolute atomic E-state index is 0.0950. The highest BCUT2D eigenvalue weighted by molar-refractivity contribution is 7.89. The fraction of sp³-hybridized carbons (Fsp3) is 0.519. The Morgan fingerprint density at radius 3 is 2.29 bits per heavy atom. The van der Waals surface area contributed by atoms with Gasteiger partial charge in [0.05, 0.1) is 11.5 Å². The van der Waals surface area contributed by atoms with Gasteiger partial charge < -0.3 is 10.1 Å². The van der Waals surface area contributed by atoms with Gasteiger partial charge >= 0.3 is 0 Å². The van der Waals surface area contributed by atoms with Crippen LogP contribution in [-0.4, -0.2) is 38.3 Å². The second kappa shape index (κ2) is 11.4. The first-order valence-corrected chi connectivity index (χ1v) is 13.7. The van der Waals surface area contributed by atoms with E-state index in [0.717, 1.165) is 49.0 Å². The molecule has 0 aromatic heterocycles. The lowest BCUT2D eigenvalue weighted by atomic mass is 9.87. The number of nitrogens with one attached hydrogen (secondary N) is 1. The summed E-state index contributed by atoms with van der Waals surface area (Å²) in [5.41, 5.74) is 2.27. The average Bonchev–Trinajstić information content (AvgIpc) is 3.09. The molecule has 1 N–H and O–H groups in total. The number of hydrogen-bond donors (Lipinski definition) is 1. The van der Waals surface area contributed by atoms with Crippen LogP contribution in [0.5, 0.6) is 5.75 Å². The fourth-order valence-corrected chi connectivity index (χ4v) is 5.63. The third-order valence-corrected chi connectivity index (χ3v) is 8.39. The molecule has 1 amide bonds. The number of amides is 1. The maximum atomic E-state index is 12.9. The molecular weight excluding hydrogens is 448 g/mol. The molecule has 186 valence electrons. The molecule has 0 bridgehead atoms. The van der Waals surface area contributed by atoms with E-state index >= 15 is 0 Å². The van der Waals surface area contributed by atoms with Crippen LogP contribution in [-0.2, 0) is 14.8 Å². The van der Waals surface area contributed by atoms with Crippen LogP contribution in [0.1, 0.15) is 63.5 Å². The van der Waals surface area contributed by atoms with Crippen molar-refractivity contribution in [1.29, 1.82) is 0 Å². The molecule has 1 heterocycles. The lowest BCUT2D eigenvalue weighted by Crippen LogP contribution is -2.32. The Morgan fingerprint density at radius 1 is 1.00 bits per heavy atom. The minimum Gasteiger partial charge on any atom is -0.493 e. The van der Waals surface area contributed by atoms with E-state index in [2.05, 4.69) is 11.4 Å². The van der Waals surface area contributed by atoms with Crippen LogP contribution in [0.15, 0.2) is 47.4 Å². The summed E-state index contributed by atoms with van der Waals surface area (Å²) in [4.78, 5) is 13.2. The number of carbonyl (C=O) groups excluding carboxylic acids is 1. The van der Waals surface area contributed by atoms with E-state index in [0.29, 0.717) is 31.8 Å². The summed E-state index contributed by atoms with van der Waals surface area (Å²) in [5, 5.41) is 2.94. The predicted octanol–water partition coefficient (Wildman–Crippen LogP) is 5.69. The lowest BCUT2D eigenvalue weighted by Gasteiger charge is -2.24. The summed E-state index contributed by atoms with van der Waals surface area (Å²) in [7, 11) is -3.50. The molecule has 2 aromatic rings.